The maximum Gasteiger partial charge on any atom is 0.0542 e. The summed E-state index contributed by atoms with van der Waals surface area (Å²) < 4.78 is 4.85. The van der Waals surface area contributed by atoms with Crippen molar-refractivity contribution < 1.29 is 0 Å². The van der Waals surface area contributed by atoms with Crippen molar-refractivity contribution >= 4 is 77.7 Å². The van der Waals surface area contributed by atoms with Crippen molar-refractivity contribution in [2.45, 2.75) is 0 Å². The summed E-state index contributed by atoms with van der Waals surface area (Å²) in [5.74, 6) is 0. The highest BCUT2D eigenvalue weighted by Crippen LogP contribution is 2.53. The maximum absolute atomic E-state index is 2.46. The van der Waals surface area contributed by atoms with Crippen LogP contribution in [0.5, 0.6) is 0 Å². The van der Waals surface area contributed by atoms with E-state index >= 15 is 0 Å². The van der Waals surface area contributed by atoms with Gasteiger partial charge in [0.2, 0.25) is 0 Å². The molecule has 4 nitrogen and oxygen atoms in total. The number of benzene rings is 12. The van der Waals surface area contributed by atoms with E-state index in [-0.39, 0.29) is 0 Å². The van der Waals surface area contributed by atoms with Gasteiger partial charge in [-0.2, -0.15) is 0 Å². The summed E-state index contributed by atoms with van der Waals surface area (Å²) in [5, 5.41) is 4.79. The first-order chi connectivity index (χ1) is 37.7. The number of fused-ring (bicyclic) bond motifs is 16. The third kappa shape index (κ3) is 6.31. The van der Waals surface area contributed by atoms with E-state index in [1.807, 2.05) is 0 Å². The first-order valence-corrected chi connectivity index (χ1v) is 26.2. The molecule has 0 fully saturated rings. The van der Waals surface area contributed by atoms with Gasteiger partial charge in [-0.15, -0.1) is 0 Å². The molecule has 4 heterocycles. The van der Waals surface area contributed by atoms with Gasteiger partial charge in [-0.1, -0.05) is 170 Å². The summed E-state index contributed by atoms with van der Waals surface area (Å²) in [6, 6.07) is 103. The topological polar surface area (TPSA) is 16.3 Å². The highest BCUT2D eigenvalue weighted by Gasteiger charge is 2.29. The molecule has 0 radical (unpaired) electrons. The number of anilines is 6. The summed E-state index contributed by atoms with van der Waals surface area (Å²) in [7, 11) is 0. The lowest BCUT2D eigenvalue weighted by atomic mass is 9.95. The lowest BCUT2D eigenvalue weighted by Gasteiger charge is -2.27. The van der Waals surface area contributed by atoms with Gasteiger partial charge in [0.1, 0.15) is 0 Å². The molecule has 0 bridgehead atoms. The predicted molar refractivity (Wildman–Crippen MR) is 319 cm³/mol. The number of aromatic nitrogens is 2. The Morgan fingerprint density at radius 2 is 0.447 bits per heavy atom. The molecule has 0 amide bonds. The molecule has 0 atom stereocenters. The summed E-state index contributed by atoms with van der Waals surface area (Å²) in [5.41, 5.74) is 25.9. The van der Waals surface area contributed by atoms with Crippen LogP contribution in [0.3, 0.4) is 0 Å². The zero-order valence-electron chi connectivity index (χ0n) is 41.3. The Morgan fingerprint density at radius 3 is 0.776 bits per heavy atom. The van der Waals surface area contributed by atoms with E-state index in [1.54, 1.807) is 0 Å². The van der Waals surface area contributed by atoms with Gasteiger partial charge in [-0.3, -0.25) is 0 Å². The third-order valence-corrected chi connectivity index (χ3v) is 16.0. The molecule has 2 aliphatic heterocycles. The molecule has 0 N–H and O–H groups in total. The summed E-state index contributed by atoms with van der Waals surface area (Å²) in [6.07, 6.45) is 0. The molecule has 14 aromatic rings. The summed E-state index contributed by atoms with van der Waals surface area (Å²) in [6.45, 7) is 0. The summed E-state index contributed by atoms with van der Waals surface area (Å²) in [4.78, 5) is 4.93. The van der Waals surface area contributed by atoms with E-state index in [9.17, 15) is 0 Å². The van der Waals surface area contributed by atoms with Crippen molar-refractivity contribution in [3.63, 3.8) is 0 Å². The van der Waals surface area contributed by atoms with E-state index in [0.29, 0.717) is 0 Å². The van der Waals surface area contributed by atoms with Gasteiger partial charge in [0.05, 0.1) is 44.8 Å². The molecule has 12 aromatic carbocycles. The number of hydrogen-bond acceptors (Lipinski definition) is 2. The smallest absolute Gasteiger partial charge is 0.0542 e. The van der Waals surface area contributed by atoms with Gasteiger partial charge in [-0.05, 0) is 143 Å². The molecule has 16 rings (SSSR count). The van der Waals surface area contributed by atoms with Gasteiger partial charge in [0.25, 0.3) is 0 Å². The Balaban J connectivity index is 0.906. The van der Waals surface area contributed by atoms with E-state index in [1.165, 1.54) is 66.1 Å². The molecule has 4 heteroatoms. The van der Waals surface area contributed by atoms with Crippen molar-refractivity contribution in [2.75, 3.05) is 9.80 Å². The zero-order valence-corrected chi connectivity index (χ0v) is 41.3. The lowest BCUT2D eigenvalue weighted by Crippen LogP contribution is -2.10. The van der Waals surface area contributed by atoms with Crippen LogP contribution in [0, 0.1) is 0 Å². The monoisotopic (exact) mass is 966 g/mol. The molecule has 0 spiro atoms. The average Bonchev–Trinajstić information content (AvgIpc) is 3.91. The minimum atomic E-state index is 1.11. The fraction of sp³-hybridized carbons (Fsp3) is 0. The van der Waals surface area contributed by atoms with Crippen LogP contribution in [0.2, 0.25) is 0 Å². The number of nitrogens with zero attached hydrogens (tertiary/aromatic N) is 4. The van der Waals surface area contributed by atoms with Crippen molar-refractivity contribution in [1.29, 1.82) is 0 Å². The fourth-order valence-electron chi connectivity index (χ4n) is 12.7. The molecule has 2 aromatic heterocycles. The molecule has 0 saturated heterocycles. The minimum absolute atomic E-state index is 1.11. The van der Waals surface area contributed by atoms with Gasteiger partial charge in [0.15, 0.2) is 0 Å². The second-order valence-electron chi connectivity index (χ2n) is 20.0. The van der Waals surface area contributed by atoms with E-state index in [0.717, 1.165) is 78.7 Å². The third-order valence-electron chi connectivity index (χ3n) is 16.0. The van der Waals surface area contributed by atoms with Crippen LogP contribution < -0.4 is 9.80 Å². The molecule has 0 saturated carbocycles. The standard InChI is InChI=1S/C72H46N4/c1-3-19-49(20-4-1)73-69-39-35-47(43-61(69)63-45-51(37-41-71(63)73)75-65-31-15-11-27-57(65)53-23-7-8-24-54(53)58-28-12-16-32-66(58)75)48-36-40-70-62(44-48)64-46-52(38-42-72(64)74(70)50-21-5-2-6-22-50)76-67-33-17-13-29-59(67)55-25-9-10-26-56(55)60-30-14-18-34-68(60)76/h1-46H. The number of hydrogen-bond donors (Lipinski definition) is 0. The van der Waals surface area contributed by atoms with Crippen LogP contribution >= 0.6 is 0 Å². The minimum Gasteiger partial charge on any atom is -0.309 e. The largest absolute Gasteiger partial charge is 0.309 e. The Kier molecular flexibility index (Phi) is 9.30. The van der Waals surface area contributed by atoms with Crippen LogP contribution in [0.25, 0.3) is 111 Å². The molecule has 354 valence electrons. The molecular formula is C72H46N4. The maximum atomic E-state index is 2.46. The Bertz CT molecular complexity index is 4230. The molecule has 0 aliphatic carbocycles. The highest BCUT2D eigenvalue weighted by atomic mass is 15.2. The van der Waals surface area contributed by atoms with Gasteiger partial charge < -0.3 is 18.9 Å². The highest BCUT2D eigenvalue weighted by molar-refractivity contribution is 6.15. The quantitative estimate of drug-likeness (QED) is 0.171. The van der Waals surface area contributed by atoms with Crippen LogP contribution in [-0.2, 0) is 0 Å². The van der Waals surface area contributed by atoms with Crippen molar-refractivity contribution in [3.8, 4) is 67.0 Å². The second-order valence-corrected chi connectivity index (χ2v) is 20.0. The van der Waals surface area contributed by atoms with E-state index < -0.39 is 0 Å². The molecule has 0 unspecified atom stereocenters. The SMILES string of the molecule is c1ccc(-n2c3ccc(-c4ccc5c(c4)c4cc(N6c7ccccc7-c7ccccc7-c7ccccc76)ccc4n5-c4ccccc4)cc3c3cc(N4c5ccccc5-c5ccccc5-c5ccccc54)ccc32)cc1. The lowest BCUT2D eigenvalue weighted by molar-refractivity contribution is 1.18. The normalized spacial score (nSPS) is 12.4. The first kappa shape index (κ1) is 42.4. The van der Waals surface area contributed by atoms with Crippen molar-refractivity contribution in [2.24, 2.45) is 0 Å². The van der Waals surface area contributed by atoms with Crippen LogP contribution in [0.1, 0.15) is 0 Å². The van der Waals surface area contributed by atoms with Gasteiger partial charge in [0, 0.05) is 66.5 Å². The van der Waals surface area contributed by atoms with Crippen LogP contribution in [-0.4, -0.2) is 9.13 Å². The number of para-hydroxylation sites is 6. The van der Waals surface area contributed by atoms with Gasteiger partial charge >= 0.3 is 0 Å². The number of rotatable bonds is 5. The van der Waals surface area contributed by atoms with Crippen LogP contribution in [0.15, 0.2) is 279 Å². The van der Waals surface area contributed by atoms with Crippen molar-refractivity contribution in [3.05, 3.63) is 279 Å². The second kappa shape index (κ2) is 16.7. The van der Waals surface area contributed by atoms with Crippen molar-refractivity contribution in [1.82, 2.24) is 9.13 Å². The van der Waals surface area contributed by atoms with E-state index in [2.05, 4.69) is 298 Å². The molecule has 2 aliphatic rings. The summed E-state index contributed by atoms with van der Waals surface area (Å²) >= 11 is 0. The predicted octanol–water partition coefficient (Wildman–Crippen LogP) is 19.8. The fourth-order valence-corrected chi connectivity index (χ4v) is 12.7. The molecule has 76 heavy (non-hydrogen) atoms. The first-order valence-electron chi connectivity index (χ1n) is 26.2. The Hall–Kier alpha value is -10.2. The van der Waals surface area contributed by atoms with E-state index in [4.69, 9.17) is 0 Å². The Morgan fingerprint density at radius 1 is 0.184 bits per heavy atom. The molecular weight excluding hydrogens is 921 g/mol. The Labute approximate surface area is 440 Å². The average molecular weight is 967 g/mol. The van der Waals surface area contributed by atoms with Gasteiger partial charge in [-0.25, -0.2) is 0 Å². The van der Waals surface area contributed by atoms with Crippen LogP contribution in [0.4, 0.5) is 34.1 Å². The zero-order chi connectivity index (χ0) is 49.8.